The maximum atomic E-state index is 5.38. The molecule has 0 fully saturated rings. The van der Waals surface area contributed by atoms with E-state index in [4.69, 9.17) is 9.97 Å². The molecule has 0 aliphatic rings. The van der Waals surface area contributed by atoms with Crippen molar-refractivity contribution < 1.29 is 0 Å². The van der Waals surface area contributed by atoms with Crippen molar-refractivity contribution in [3.05, 3.63) is 212 Å². The molecule has 10 aromatic carbocycles. The Morgan fingerprint density at radius 3 is 1.57 bits per heavy atom. The number of benzene rings is 10. The average molecular weight is 826 g/mol. The minimum absolute atomic E-state index is 0.852. The molecule has 0 saturated carbocycles. The van der Waals surface area contributed by atoms with Crippen molar-refractivity contribution in [3.63, 3.8) is 0 Å². The van der Waals surface area contributed by atoms with Gasteiger partial charge < -0.3 is 13.5 Å². The second-order valence-corrected chi connectivity index (χ2v) is 17.3. The van der Waals surface area contributed by atoms with Crippen molar-refractivity contribution in [1.29, 1.82) is 0 Å². The molecule has 0 unspecified atom stereocenters. The predicted octanol–water partition coefficient (Wildman–Crippen LogP) is 15.5. The predicted molar refractivity (Wildman–Crippen MR) is 271 cm³/mol. The lowest BCUT2D eigenvalue weighted by atomic mass is 10.0. The van der Waals surface area contributed by atoms with Crippen LogP contribution in [0.2, 0.25) is 0 Å². The normalized spacial score (nSPS) is 12.3. The van der Waals surface area contributed by atoms with Crippen molar-refractivity contribution in [3.8, 4) is 33.9 Å². The Kier molecular flexibility index (Phi) is 6.89. The molecule has 0 spiro atoms. The van der Waals surface area contributed by atoms with Gasteiger partial charge in [-0.25, -0.2) is 9.97 Å². The zero-order chi connectivity index (χ0) is 42.3. The minimum Gasteiger partial charge on any atom is -0.309 e. The van der Waals surface area contributed by atoms with Gasteiger partial charge in [-0.05, 0) is 72.1 Å². The molecule has 0 aliphatic carbocycles. The summed E-state index contributed by atoms with van der Waals surface area (Å²) in [7, 11) is 0. The maximum Gasteiger partial charge on any atom is 0.0973 e. The van der Waals surface area contributed by atoms with Crippen LogP contribution in [0.25, 0.3) is 137 Å². The number of nitrogens with zero attached hydrogens (tertiary/aromatic N) is 5. The largest absolute Gasteiger partial charge is 0.309 e. The molecule has 65 heavy (non-hydrogen) atoms. The SMILES string of the molecule is c1ccc(-n2c3ccccc3c3ccc(-c4nc5ccccc5nc4-c4ccc(-n5c6ccccc6c6cc7c8ccccc8n8c9c%10ccccc%10ccc9c(c65)c78)cc4)cc32)cc1. The molecular weight excluding hydrogens is 791 g/mol. The highest BCUT2D eigenvalue weighted by Gasteiger charge is 2.26. The van der Waals surface area contributed by atoms with E-state index in [1.165, 1.54) is 87.0 Å². The van der Waals surface area contributed by atoms with Gasteiger partial charge in [-0.15, -0.1) is 0 Å². The number of fused-ring (bicyclic) bond motifs is 16. The summed E-state index contributed by atoms with van der Waals surface area (Å²) in [5.41, 5.74) is 16.2. The van der Waals surface area contributed by atoms with Crippen LogP contribution >= 0.6 is 0 Å². The molecule has 15 aromatic rings. The number of aromatic nitrogens is 5. The van der Waals surface area contributed by atoms with E-state index in [1.807, 2.05) is 12.1 Å². The second kappa shape index (κ2) is 12.9. The van der Waals surface area contributed by atoms with Gasteiger partial charge in [0.05, 0.1) is 61.0 Å². The van der Waals surface area contributed by atoms with Crippen LogP contribution in [0, 0.1) is 0 Å². The lowest BCUT2D eigenvalue weighted by Crippen LogP contribution is -1.98. The lowest BCUT2D eigenvalue weighted by molar-refractivity contribution is 1.18. The third-order valence-electron chi connectivity index (χ3n) is 13.9. The molecule has 0 radical (unpaired) electrons. The molecule has 0 atom stereocenters. The van der Waals surface area contributed by atoms with Crippen molar-refractivity contribution in [1.82, 2.24) is 23.5 Å². The van der Waals surface area contributed by atoms with Crippen molar-refractivity contribution in [2.75, 3.05) is 0 Å². The zero-order valence-corrected chi connectivity index (χ0v) is 34.9. The number of hydrogen-bond acceptors (Lipinski definition) is 2. The molecule has 5 heterocycles. The summed E-state index contributed by atoms with van der Waals surface area (Å²) in [6.07, 6.45) is 0. The highest BCUT2D eigenvalue weighted by atomic mass is 15.0. The van der Waals surface area contributed by atoms with E-state index >= 15 is 0 Å². The van der Waals surface area contributed by atoms with E-state index in [9.17, 15) is 0 Å². The third-order valence-corrected chi connectivity index (χ3v) is 13.9. The van der Waals surface area contributed by atoms with Gasteiger partial charge in [0.1, 0.15) is 0 Å². The molecule has 0 amide bonds. The van der Waals surface area contributed by atoms with Crippen LogP contribution < -0.4 is 0 Å². The standard InChI is InChI=1S/C60H35N5/c1-2-15-39(16-3-1)63-51-23-11-6-18-42(51)45-32-29-38(34-54(45)63)57-56(61-49-21-9-10-22-50(49)62-57)37-26-30-40(31-27-37)64-52-24-12-7-19-43(52)47-35-48-44-20-8-13-25-53(44)65-58-41-17-5-4-14-36(41)28-33-46(58)55(59(47)64)60(48)65/h1-35H. The zero-order valence-electron chi connectivity index (χ0n) is 34.9. The van der Waals surface area contributed by atoms with Crippen molar-refractivity contribution >= 4 is 104 Å². The second-order valence-electron chi connectivity index (χ2n) is 17.3. The van der Waals surface area contributed by atoms with E-state index in [2.05, 4.69) is 214 Å². The van der Waals surface area contributed by atoms with Crippen molar-refractivity contribution in [2.45, 2.75) is 0 Å². The number of rotatable bonds is 4. The summed E-state index contributed by atoms with van der Waals surface area (Å²) < 4.78 is 7.38. The Morgan fingerprint density at radius 1 is 0.292 bits per heavy atom. The molecule has 0 saturated heterocycles. The van der Waals surface area contributed by atoms with Crippen LogP contribution in [0.15, 0.2) is 212 Å². The van der Waals surface area contributed by atoms with Crippen LogP contribution in [-0.2, 0) is 0 Å². The molecule has 5 aromatic heterocycles. The van der Waals surface area contributed by atoms with Crippen LogP contribution in [-0.4, -0.2) is 23.5 Å². The summed E-state index contributed by atoms with van der Waals surface area (Å²) >= 11 is 0. The molecule has 0 aliphatic heterocycles. The van der Waals surface area contributed by atoms with Crippen LogP contribution in [0.5, 0.6) is 0 Å². The van der Waals surface area contributed by atoms with Gasteiger partial charge in [-0.2, -0.15) is 0 Å². The quantitative estimate of drug-likeness (QED) is 0.177. The molecule has 300 valence electrons. The van der Waals surface area contributed by atoms with Crippen LogP contribution in [0.1, 0.15) is 0 Å². The molecule has 5 nitrogen and oxygen atoms in total. The molecule has 5 heteroatoms. The summed E-state index contributed by atoms with van der Waals surface area (Å²) in [6.45, 7) is 0. The highest BCUT2D eigenvalue weighted by molar-refractivity contribution is 6.36. The van der Waals surface area contributed by atoms with Gasteiger partial charge in [0.15, 0.2) is 0 Å². The van der Waals surface area contributed by atoms with E-state index < -0.39 is 0 Å². The van der Waals surface area contributed by atoms with Crippen molar-refractivity contribution in [2.24, 2.45) is 0 Å². The monoisotopic (exact) mass is 825 g/mol. The van der Waals surface area contributed by atoms with Gasteiger partial charge in [0.25, 0.3) is 0 Å². The smallest absolute Gasteiger partial charge is 0.0973 e. The Hall–Kier alpha value is -8.80. The van der Waals surface area contributed by atoms with E-state index in [0.717, 1.165) is 50.4 Å². The highest BCUT2D eigenvalue weighted by Crippen LogP contribution is 2.48. The summed E-state index contributed by atoms with van der Waals surface area (Å²) in [6, 6.07) is 76.9. The number of hydrogen-bond donors (Lipinski definition) is 0. The van der Waals surface area contributed by atoms with Gasteiger partial charge in [-0.1, -0.05) is 146 Å². The maximum absolute atomic E-state index is 5.38. The molecule has 15 rings (SSSR count). The van der Waals surface area contributed by atoms with Gasteiger partial charge in [0.2, 0.25) is 0 Å². The van der Waals surface area contributed by atoms with E-state index in [0.29, 0.717) is 0 Å². The molecular formula is C60H35N5. The fourth-order valence-electron chi connectivity index (χ4n) is 11.2. The summed E-state index contributed by atoms with van der Waals surface area (Å²) in [5, 5.41) is 12.5. The van der Waals surface area contributed by atoms with E-state index in [1.54, 1.807) is 0 Å². The third kappa shape index (κ3) is 4.71. The topological polar surface area (TPSA) is 40.0 Å². The van der Waals surface area contributed by atoms with Gasteiger partial charge in [0, 0.05) is 71.0 Å². The number of para-hydroxylation sites is 6. The molecule has 0 bridgehead atoms. The fourth-order valence-corrected chi connectivity index (χ4v) is 11.2. The summed E-state index contributed by atoms with van der Waals surface area (Å²) in [5.74, 6) is 0. The van der Waals surface area contributed by atoms with E-state index in [-0.39, 0.29) is 0 Å². The Balaban J connectivity index is 0.975. The first-order valence-corrected chi connectivity index (χ1v) is 22.3. The average Bonchev–Trinajstić information content (AvgIpc) is 4.10. The Morgan fingerprint density at radius 2 is 0.815 bits per heavy atom. The van der Waals surface area contributed by atoms with Gasteiger partial charge in [-0.3, -0.25) is 0 Å². The van der Waals surface area contributed by atoms with Gasteiger partial charge >= 0.3 is 0 Å². The first-order chi connectivity index (χ1) is 32.3. The van der Waals surface area contributed by atoms with Crippen LogP contribution in [0.4, 0.5) is 0 Å². The Labute approximate surface area is 371 Å². The summed E-state index contributed by atoms with van der Waals surface area (Å²) in [4.78, 5) is 10.8. The van der Waals surface area contributed by atoms with Crippen LogP contribution in [0.3, 0.4) is 0 Å². The lowest BCUT2D eigenvalue weighted by Gasteiger charge is -2.14. The first kappa shape index (κ1) is 34.7. The Bertz CT molecular complexity index is 4460. The molecule has 0 N–H and O–H groups in total. The fraction of sp³-hybridized carbons (Fsp3) is 0. The minimum atomic E-state index is 0.852. The first-order valence-electron chi connectivity index (χ1n) is 22.3.